The summed E-state index contributed by atoms with van der Waals surface area (Å²) in [4.78, 5) is 12.4. The number of hydrogen-bond acceptors (Lipinski definition) is 2. The molecule has 0 saturated heterocycles. The Morgan fingerprint density at radius 2 is 1.75 bits per heavy atom. The van der Waals surface area contributed by atoms with Crippen LogP contribution in [0.3, 0.4) is 0 Å². The van der Waals surface area contributed by atoms with Gasteiger partial charge < -0.3 is 4.74 Å². The standard InChI is InChI=1S/C26H38O2/c1-3-4-5-6-7-21-10-12-22(13-11-21)23-14-16-24(17-15-23)26(27)28-25-18-8-20(2)9-19-25/h12,14-17,20-21,25H,3-11,13,18-19H2,1-2H3/t20-,21?,25-. The molecule has 28 heavy (non-hydrogen) atoms. The van der Waals surface area contributed by atoms with Gasteiger partial charge in [-0.3, -0.25) is 0 Å². The molecule has 2 aliphatic carbocycles. The number of carbonyl (C=O) groups excluding carboxylic acids is 1. The van der Waals surface area contributed by atoms with Gasteiger partial charge in [-0.15, -0.1) is 0 Å². The van der Waals surface area contributed by atoms with Gasteiger partial charge in [-0.1, -0.05) is 64.2 Å². The van der Waals surface area contributed by atoms with Crippen molar-refractivity contribution in [1.29, 1.82) is 0 Å². The van der Waals surface area contributed by atoms with Crippen LogP contribution < -0.4 is 0 Å². The molecule has 154 valence electrons. The Balaban J connectivity index is 1.47. The number of hydrogen-bond donors (Lipinski definition) is 0. The highest BCUT2D eigenvalue weighted by Crippen LogP contribution is 2.33. The molecule has 0 bridgehead atoms. The molecular formula is C26H38O2. The maximum absolute atomic E-state index is 12.4. The quantitative estimate of drug-likeness (QED) is 0.342. The number of allylic oxidation sites excluding steroid dienone is 2. The lowest BCUT2D eigenvalue weighted by atomic mass is 9.84. The molecule has 1 aromatic rings. The highest BCUT2D eigenvalue weighted by molar-refractivity contribution is 5.90. The third-order valence-corrected chi connectivity index (χ3v) is 6.71. The average molecular weight is 383 g/mol. The van der Waals surface area contributed by atoms with Gasteiger partial charge in [0.2, 0.25) is 0 Å². The number of carbonyl (C=O) groups is 1. The van der Waals surface area contributed by atoms with Crippen molar-refractivity contribution in [2.45, 2.75) is 97.0 Å². The summed E-state index contributed by atoms with van der Waals surface area (Å²) in [5, 5.41) is 0. The van der Waals surface area contributed by atoms with Crippen LogP contribution in [0.15, 0.2) is 30.3 Å². The fraction of sp³-hybridized carbons (Fsp3) is 0.654. The smallest absolute Gasteiger partial charge is 0.338 e. The lowest BCUT2D eigenvalue weighted by molar-refractivity contribution is 0.0174. The van der Waals surface area contributed by atoms with Gasteiger partial charge in [0.1, 0.15) is 6.10 Å². The Morgan fingerprint density at radius 1 is 1.00 bits per heavy atom. The maximum Gasteiger partial charge on any atom is 0.338 e. The molecule has 0 heterocycles. The van der Waals surface area contributed by atoms with Gasteiger partial charge in [-0.05, 0) is 80.1 Å². The van der Waals surface area contributed by atoms with Gasteiger partial charge in [0.05, 0.1) is 5.56 Å². The van der Waals surface area contributed by atoms with Gasteiger partial charge in [0.25, 0.3) is 0 Å². The van der Waals surface area contributed by atoms with E-state index in [-0.39, 0.29) is 12.1 Å². The second-order valence-electron chi connectivity index (χ2n) is 9.08. The second kappa shape index (κ2) is 10.8. The van der Waals surface area contributed by atoms with Crippen molar-refractivity contribution in [2.24, 2.45) is 11.8 Å². The van der Waals surface area contributed by atoms with Gasteiger partial charge in [0.15, 0.2) is 0 Å². The zero-order valence-electron chi connectivity index (χ0n) is 17.9. The molecule has 0 aliphatic heterocycles. The summed E-state index contributed by atoms with van der Waals surface area (Å²) >= 11 is 0. The van der Waals surface area contributed by atoms with E-state index in [9.17, 15) is 4.79 Å². The number of esters is 1. The third kappa shape index (κ3) is 6.22. The molecule has 1 atom stereocenters. The molecule has 1 saturated carbocycles. The minimum absolute atomic E-state index is 0.110. The highest BCUT2D eigenvalue weighted by Gasteiger charge is 2.22. The molecule has 0 aromatic heterocycles. The van der Waals surface area contributed by atoms with E-state index in [4.69, 9.17) is 4.74 Å². The topological polar surface area (TPSA) is 26.3 Å². The van der Waals surface area contributed by atoms with Crippen molar-refractivity contribution in [3.8, 4) is 0 Å². The Bertz CT molecular complexity index is 635. The van der Waals surface area contributed by atoms with Crippen molar-refractivity contribution in [1.82, 2.24) is 0 Å². The summed E-state index contributed by atoms with van der Waals surface area (Å²) in [6.45, 7) is 4.56. The summed E-state index contributed by atoms with van der Waals surface area (Å²) in [6.07, 6.45) is 17.5. The Labute approximate surface area is 171 Å². The van der Waals surface area contributed by atoms with Crippen molar-refractivity contribution in [3.63, 3.8) is 0 Å². The zero-order valence-corrected chi connectivity index (χ0v) is 17.9. The lowest BCUT2D eigenvalue weighted by Gasteiger charge is -2.26. The van der Waals surface area contributed by atoms with E-state index < -0.39 is 0 Å². The van der Waals surface area contributed by atoms with E-state index in [2.05, 4.69) is 32.1 Å². The summed E-state index contributed by atoms with van der Waals surface area (Å²) in [5.74, 6) is 1.48. The van der Waals surface area contributed by atoms with Crippen LogP contribution >= 0.6 is 0 Å². The first-order valence-electron chi connectivity index (χ1n) is 11.7. The van der Waals surface area contributed by atoms with Crippen LogP contribution in [0.1, 0.15) is 107 Å². The SMILES string of the molecule is CCCCCCC1CC=C(c2ccc(C(=O)O[C@H]3CC[C@H](C)CC3)cc2)CC1. The van der Waals surface area contributed by atoms with E-state index in [0.717, 1.165) is 24.7 Å². The molecule has 2 heteroatoms. The van der Waals surface area contributed by atoms with Crippen LogP contribution in [-0.2, 0) is 4.74 Å². The minimum atomic E-state index is -0.157. The predicted molar refractivity (Wildman–Crippen MR) is 117 cm³/mol. The monoisotopic (exact) mass is 382 g/mol. The van der Waals surface area contributed by atoms with E-state index in [1.807, 2.05) is 12.1 Å². The normalized spacial score (nSPS) is 25.2. The van der Waals surface area contributed by atoms with Crippen molar-refractivity contribution in [2.75, 3.05) is 0 Å². The molecule has 1 aromatic carbocycles. The number of rotatable bonds is 8. The van der Waals surface area contributed by atoms with Crippen LogP contribution in [0.25, 0.3) is 5.57 Å². The Hall–Kier alpha value is -1.57. The van der Waals surface area contributed by atoms with E-state index >= 15 is 0 Å². The van der Waals surface area contributed by atoms with Crippen LogP contribution in [0.4, 0.5) is 0 Å². The van der Waals surface area contributed by atoms with Gasteiger partial charge in [-0.2, -0.15) is 0 Å². The molecular weight excluding hydrogens is 344 g/mol. The van der Waals surface area contributed by atoms with Crippen molar-refractivity contribution in [3.05, 3.63) is 41.5 Å². The maximum atomic E-state index is 12.4. The number of unbranched alkanes of at least 4 members (excludes halogenated alkanes) is 3. The molecule has 3 rings (SSSR count). The van der Waals surface area contributed by atoms with E-state index in [0.29, 0.717) is 5.56 Å². The fourth-order valence-corrected chi connectivity index (χ4v) is 4.66. The van der Waals surface area contributed by atoms with Crippen LogP contribution in [-0.4, -0.2) is 12.1 Å². The number of benzene rings is 1. The molecule has 2 nitrogen and oxygen atoms in total. The van der Waals surface area contributed by atoms with Crippen LogP contribution in [0, 0.1) is 11.8 Å². The lowest BCUT2D eigenvalue weighted by Crippen LogP contribution is -2.23. The molecule has 1 fully saturated rings. The number of ether oxygens (including phenoxy) is 1. The molecule has 0 amide bonds. The summed E-state index contributed by atoms with van der Waals surface area (Å²) < 4.78 is 5.73. The molecule has 0 N–H and O–H groups in total. The molecule has 1 unspecified atom stereocenters. The first-order chi connectivity index (χ1) is 13.7. The largest absolute Gasteiger partial charge is 0.459 e. The average Bonchev–Trinajstić information content (AvgIpc) is 2.73. The van der Waals surface area contributed by atoms with Crippen LogP contribution in [0.2, 0.25) is 0 Å². The summed E-state index contributed by atoms with van der Waals surface area (Å²) in [6, 6.07) is 8.10. The second-order valence-corrected chi connectivity index (χ2v) is 9.08. The van der Waals surface area contributed by atoms with Gasteiger partial charge >= 0.3 is 5.97 Å². The zero-order chi connectivity index (χ0) is 19.8. The third-order valence-electron chi connectivity index (χ3n) is 6.71. The fourth-order valence-electron chi connectivity index (χ4n) is 4.66. The summed E-state index contributed by atoms with van der Waals surface area (Å²) in [7, 11) is 0. The Morgan fingerprint density at radius 3 is 2.39 bits per heavy atom. The van der Waals surface area contributed by atoms with Crippen LogP contribution in [0.5, 0.6) is 0 Å². The highest BCUT2D eigenvalue weighted by atomic mass is 16.5. The summed E-state index contributed by atoms with van der Waals surface area (Å²) in [5.41, 5.74) is 3.41. The predicted octanol–water partition coefficient (Wildman–Crippen LogP) is 7.58. The minimum Gasteiger partial charge on any atom is -0.459 e. The van der Waals surface area contributed by atoms with Gasteiger partial charge in [0, 0.05) is 0 Å². The van der Waals surface area contributed by atoms with Gasteiger partial charge in [-0.25, -0.2) is 4.79 Å². The van der Waals surface area contributed by atoms with E-state index in [1.54, 1.807) is 0 Å². The Kier molecular flexibility index (Phi) is 8.18. The van der Waals surface area contributed by atoms with E-state index in [1.165, 1.54) is 75.3 Å². The molecule has 2 aliphatic rings. The molecule has 0 spiro atoms. The first kappa shape index (κ1) is 21.1. The van der Waals surface area contributed by atoms with Crippen molar-refractivity contribution < 1.29 is 9.53 Å². The molecule has 0 radical (unpaired) electrons. The first-order valence-corrected chi connectivity index (χ1v) is 11.7. The van der Waals surface area contributed by atoms with Crippen molar-refractivity contribution >= 4 is 11.5 Å².